The number of nitrogens with zero attached hydrogens (tertiary/aromatic N) is 2. The van der Waals surface area contributed by atoms with E-state index >= 15 is 0 Å². The van der Waals surface area contributed by atoms with Crippen molar-refractivity contribution in [2.24, 2.45) is 11.8 Å². The first-order valence-corrected chi connectivity index (χ1v) is 5.83. The fourth-order valence-corrected chi connectivity index (χ4v) is 2.75. The van der Waals surface area contributed by atoms with Crippen molar-refractivity contribution in [2.45, 2.75) is 6.42 Å². The summed E-state index contributed by atoms with van der Waals surface area (Å²) in [6.07, 6.45) is 1.32. The van der Waals surface area contributed by atoms with Crippen LogP contribution in [0.5, 0.6) is 0 Å². The van der Waals surface area contributed by atoms with Gasteiger partial charge in [0, 0.05) is 13.1 Å². The van der Waals surface area contributed by atoms with Gasteiger partial charge in [-0.2, -0.15) is 0 Å². The lowest BCUT2D eigenvalue weighted by molar-refractivity contribution is 0.286. The fourth-order valence-electron chi connectivity index (χ4n) is 2.75. The van der Waals surface area contributed by atoms with Crippen LogP contribution >= 0.6 is 0 Å². The summed E-state index contributed by atoms with van der Waals surface area (Å²) in [5, 5.41) is 3.48. The lowest BCUT2D eigenvalue weighted by Crippen LogP contribution is -2.28. The van der Waals surface area contributed by atoms with E-state index in [1.54, 1.807) is 0 Å². The van der Waals surface area contributed by atoms with Crippen LogP contribution < -0.4 is 5.32 Å². The van der Waals surface area contributed by atoms with Crippen LogP contribution in [0.25, 0.3) is 0 Å². The maximum absolute atomic E-state index is 3.48. The van der Waals surface area contributed by atoms with E-state index in [9.17, 15) is 0 Å². The summed E-state index contributed by atoms with van der Waals surface area (Å²) in [6, 6.07) is 0. The molecular formula is C11H23N3. The highest BCUT2D eigenvalue weighted by Gasteiger charge is 2.35. The molecule has 2 fully saturated rings. The van der Waals surface area contributed by atoms with Gasteiger partial charge < -0.3 is 15.1 Å². The molecule has 3 nitrogen and oxygen atoms in total. The number of rotatable bonds is 4. The summed E-state index contributed by atoms with van der Waals surface area (Å²) in [4.78, 5) is 4.93. The molecule has 0 radical (unpaired) electrons. The van der Waals surface area contributed by atoms with Gasteiger partial charge >= 0.3 is 0 Å². The second-order valence-electron chi connectivity index (χ2n) is 5.09. The highest BCUT2D eigenvalue weighted by Crippen LogP contribution is 2.25. The van der Waals surface area contributed by atoms with Gasteiger partial charge in [0.2, 0.25) is 0 Å². The van der Waals surface area contributed by atoms with Crippen LogP contribution in [0.15, 0.2) is 0 Å². The summed E-state index contributed by atoms with van der Waals surface area (Å²) >= 11 is 0. The Balaban J connectivity index is 1.64. The molecule has 2 rings (SSSR count). The Morgan fingerprint density at radius 1 is 1.21 bits per heavy atom. The Hall–Kier alpha value is -0.120. The summed E-state index contributed by atoms with van der Waals surface area (Å²) in [5.41, 5.74) is 0. The lowest BCUT2D eigenvalue weighted by atomic mass is 10.0. The molecule has 2 aliphatic rings. The Bertz CT molecular complexity index is 169. The van der Waals surface area contributed by atoms with Crippen LogP contribution in [0.3, 0.4) is 0 Å². The molecule has 0 aromatic carbocycles. The minimum Gasteiger partial charge on any atom is -0.316 e. The van der Waals surface area contributed by atoms with E-state index in [0.717, 1.165) is 11.8 Å². The third-order valence-electron chi connectivity index (χ3n) is 3.54. The molecule has 82 valence electrons. The quantitative estimate of drug-likeness (QED) is 0.689. The summed E-state index contributed by atoms with van der Waals surface area (Å²) < 4.78 is 0. The molecule has 3 heteroatoms. The molecule has 0 aromatic rings. The molecule has 0 aliphatic carbocycles. The molecule has 2 saturated heterocycles. The summed E-state index contributed by atoms with van der Waals surface area (Å²) in [6.45, 7) is 7.72. The Morgan fingerprint density at radius 2 is 1.86 bits per heavy atom. The predicted molar refractivity (Wildman–Crippen MR) is 59.5 cm³/mol. The molecular weight excluding hydrogens is 174 g/mol. The number of likely N-dealkylation sites (tertiary alicyclic amines) is 1. The molecule has 2 heterocycles. The van der Waals surface area contributed by atoms with Crippen LogP contribution in [0.1, 0.15) is 6.42 Å². The van der Waals surface area contributed by atoms with Crippen molar-refractivity contribution in [3.63, 3.8) is 0 Å². The van der Waals surface area contributed by atoms with Crippen molar-refractivity contribution >= 4 is 0 Å². The second-order valence-corrected chi connectivity index (χ2v) is 5.09. The molecule has 14 heavy (non-hydrogen) atoms. The number of nitrogens with one attached hydrogen (secondary N) is 1. The van der Waals surface area contributed by atoms with Gasteiger partial charge in [-0.1, -0.05) is 0 Å². The van der Waals surface area contributed by atoms with Crippen LogP contribution in [0.2, 0.25) is 0 Å². The van der Waals surface area contributed by atoms with E-state index in [-0.39, 0.29) is 0 Å². The number of hydrogen-bond acceptors (Lipinski definition) is 3. The minimum atomic E-state index is 0.953. The largest absolute Gasteiger partial charge is 0.316 e. The van der Waals surface area contributed by atoms with Crippen LogP contribution in [0, 0.1) is 11.8 Å². The van der Waals surface area contributed by atoms with Gasteiger partial charge in [-0.15, -0.1) is 0 Å². The van der Waals surface area contributed by atoms with Crippen molar-refractivity contribution < 1.29 is 0 Å². The average molecular weight is 197 g/mol. The maximum atomic E-state index is 3.48. The average Bonchev–Trinajstić information content (AvgIpc) is 2.62. The first-order valence-electron chi connectivity index (χ1n) is 5.83. The zero-order chi connectivity index (χ0) is 9.97. The van der Waals surface area contributed by atoms with Gasteiger partial charge in [-0.05, 0) is 58.5 Å². The van der Waals surface area contributed by atoms with Crippen molar-refractivity contribution in [1.29, 1.82) is 0 Å². The van der Waals surface area contributed by atoms with Crippen LogP contribution in [-0.2, 0) is 0 Å². The van der Waals surface area contributed by atoms with Crippen molar-refractivity contribution in [2.75, 3.05) is 53.4 Å². The summed E-state index contributed by atoms with van der Waals surface area (Å²) in [7, 11) is 4.31. The first-order chi connectivity index (χ1) is 6.75. The highest BCUT2D eigenvalue weighted by molar-refractivity contribution is 4.90. The first kappa shape index (κ1) is 10.4. The molecule has 0 saturated carbocycles. The molecule has 0 unspecified atom stereocenters. The standard InChI is InChI=1S/C11H23N3/c1-13(2)4-3-5-14-8-10-6-12-7-11(10)9-14/h10-12H,3-9H2,1-2H3/t10-,11+. The molecule has 0 amide bonds. The van der Waals surface area contributed by atoms with Crippen LogP contribution in [-0.4, -0.2) is 63.2 Å². The molecule has 2 aliphatic heterocycles. The van der Waals surface area contributed by atoms with E-state index in [1.165, 1.54) is 45.7 Å². The number of hydrogen-bond donors (Lipinski definition) is 1. The molecule has 1 N–H and O–H groups in total. The molecule has 2 atom stereocenters. The normalized spacial score (nSPS) is 32.8. The Labute approximate surface area is 87.4 Å². The summed E-state index contributed by atoms with van der Waals surface area (Å²) in [5.74, 6) is 1.91. The maximum Gasteiger partial charge on any atom is 0.00256 e. The van der Waals surface area contributed by atoms with E-state index in [1.807, 2.05) is 0 Å². The van der Waals surface area contributed by atoms with E-state index < -0.39 is 0 Å². The molecule has 0 aromatic heterocycles. The smallest absolute Gasteiger partial charge is 0.00256 e. The van der Waals surface area contributed by atoms with Gasteiger partial charge in [0.1, 0.15) is 0 Å². The monoisotopic (exact) mass is 197 g/mol. The predicted octanol–water partition coefficient (Wildman–Crippen LogP) is 0.0893. The van der Waals surface area contributed by atoms with Crippen molar-refractivity contribution in [1.82, 2.24) is 15.1 Å². The lowest BCUT2D eigenvalue weighted by Gasteiger charge is -2.18. The molecule has 0 bridgehead atoms. The van der Waals surface area contributed by atoms with Crippen molar-refractivity contribution in [3.05, 3.63) is 0 Å². The molecule has 0 spiro atoms. The van der Waals surface area contributed by atoms with Crippen molar-refractivity contribution in [3.8, 4) is 0 Å². The second kappa shape index (κ2) is 4.60. The van der Waals surface area contributed by atoms with Gasteiger partial charge in [0.25, 0.3) is 0 Å². The number of fused-ring (bicyclic) bond motifs is 1. The van der Waals surface area contributed by atoms with Gasteiger partial charge in [0.15, 0.2) is 0 Å². The minimum absolute atomic E-state index is 0.953. The Morgan fingerprint density at radius 3 is 2.43 bits per heavy atom. The third-order valence-corrected chi connectivity index (χ3v) is 3.54. The SMILES string of the molecule is CN(C)CCCN1C[C@H]2CNC[C@H]2C1. The van der Waals surface area contributed by atoms with Gasteiger partial charge in [-0.3, -0.25) is 0 Å². The topological polar surface area (TPSA) is 18.5 Å². The highest BCUT2D eigenvalue weighted by atomic mass is 15.2. The van der Waals surface area contributed by atoms with Crippen LogP contribution in [0.4, 0.5) is 0 Å². The van der Waals surface area contributed by atoms with Gasteiger partial charge in [-0.25, -0.2) is 0 Å². The fraction of sp³-hybridized carbons (Fsp3) is 1.00. The van der Waals surface area contributed by atoms with Gasteiger partial charge in [0.05, 0.1) is 0 Å². The zero-order valence-corrected chi connectivity index (χ0v) is 9.50. The van der Waals surface area contributed by atoms with E-state index in [4.69, 9.17) is 0 Å². The van der Waals surface area contributed by atoms with E-state index in [2.05, 4.69) is 29.2 Å². The third kappa shape index (κ3) is 2.47. The van der Waals surface area contributed by atoms with E-state index in [0.29, 0.717) is 0 Å². The Kier molecular flexibility index (Phi) is 3.42. The zero-order valence-electron chi connectivity index (χ0n) is 9.50.